The van der Waals surface area contributed by atoms with E-state index in [4.69, 9.17) is 9.73 Å². The Balaban J connectivity index is 1.43. The summed E-state index contributed by atoms with van der Waals surface area (Å²) in [6, 6.07) is 8.37. The first-order valence-corrected chi connectivity index (χ1v) is 10.9. The Morgan fingerprint density at radius 2 is 1.71 bits per heavy atom. The van der Waals surface area contributed by atoms with Crippen LogP contribution in [0.3, 0.4) is 0 Å². The highest BCUT2D eigenvalue weighted by Gasteiger charge is 2.19. The van der Waals surface area contributed by atoms with Gasteiger partial charge in [0, 0.05) is 45.0 Å². The SMILES string of the molecule is CCNC(=NCCCCN1CCCC1)N1CCN(c2ccc(OC)cc2)CC1. The van der Waals surface area contributed by atoms with Crippen LogP contribution in [0.15, 0.2) is 29.3 Å². The van der Waals surface area contributed by atoms with Gasteiger partial charge >= 0.3 is 0 Å². The van der Waals surface area contributed by atoms with Crippen molar-refractivity contribution in [3.8, 4) is 5.75 Å². The van der Waals surface area contributed by atoms with Gasteiger partial charge in [-0.05, 0) is 76.5 Å². The average Bonchev–Trinajstić information content (AvgIpc) is 3.26. The number of nitrogens with one attached hydrogen (secondary N) is 1. The molecule has 2 heterocycles. The van der Waals surface area contributed by atoms with Crippen molar-refractivity contribution in [1.82, 2.24) is 15.1 Å². The molecule has 6 nitrogen and oxygen atoms in total. The third kappa shape index (κ3) is 6.03. The van der Waals surface area contributed by atoms with Crippen LogP contribution in [0.1, 0.15) is 32.6 Å². The second-order valence-electron chi connectivity index (χ2n) is 7.66. The minimum atomic E-state index is 0.911. The summed E-state index contributed by atoms with van der Waals surface area (Å²) in [7, 11) is 1.71. The second kappa shape index (κ2) is 11.1. The van der Waals surface area contributed by atoms with Crippen molar-refractivity contribution in [3.05, 3.63) is 24.3 Å². The maximum Gasteiger partial charge on any atom is 0.194 e. The van der Waals surface area contributed by atoms with Gasteiger partial charge in [-0.1, -0.05) is 0 Å². The molecule has 6 heteroatoms. The van der Waals surface area contributed by atoms with Crippen molar-refractivity contribution in [3.63, 3.8) is 0 Å². The smallest absolute Gasteiger partial charge is 0.194 e. The van der Waals surface area contributed by atoms with Gasteiger partial charge in [0.25, 0.3) is 0 Å². The molecule has 1 N–H and O–H groups in total. The van der Waals surface area contributed by atoms with Gasteiger partial charge in [-0.2, -0.15) is 0 Å². The van der Waals surface area contributed by atoms with E-state index in [0.717, 1.165) is 51.0 Å². The van der Waals surface area contributed by atoms with E-state index in [2.05, 4.69) is 39.1 Å². The third-order valence-electron chi connectivity index (χ3n) is 5.69. The van der Waals surface area contributed by atoms with Crippen LogP contribution in [-0.2, 0) is 0 Å². The molecular weight excluding hydrogens is 350 g/mol. The summed E-state index contributed by atoms with van der Waals surface area (Å²) in [4.78, 5) is 12.3. The summed E-state index contributed by atoms with van der Waals surface area (Å²) in [5.41, 5.74) is 1.27. The predicted molar refractivity (Wildman–Crippen MR) is 118 cm³/mol. The Bertz CT molecular complexity index is 589. The molecule has 0 aromatic heterocycles. The normalized spacial score (nSPS) is 18.6. The number of ether oxygens (including phenoxy) is 1. The number of aliphatic imine (C=N–C) groups is 1. The number of hydrogen-bond acceptors (Lipinski definition) is 4. The molecule has 0 saturated carbocycles. The number of nitrogens with zero attached hydrogens (tertiary/aromatic N) is 4. The lowest BCUT2D eigenvalue weighted by atomic mass is 10.2. The first kappa shape index (κ1) is 20.8. The van der Waals surface area contributed by atoms with Crippen molar-refractivity contribution in [2.24, 2.45) is 4.99 Å². The van der Waals surface area contributed by atoms with Crippen LogP contribution in [0.2, 0.25) is 0 Å². The van der Waals surface area contributed by atoms with Crippen LogP contribution in [0.25, 0.3) is 0 Å². The Hall–Kier alpha value is -1.95. The van der Waals surface area contributed by atoms with Gasteiger partial charge in [0.05, 0.1) is 7.11 Å². The van der Waals surface area contributed by atoms with Crippen LogP contribution in [-0.4, -0.2) is 81.8 Å². The molecule has 2 aliphatic rings. The van der Waals surface area contributed by atoms with E-state index in [-0.39, 0.29) is 0 Å². The van der Waals surface area contributed by atoms with Gasteiger partial charge in [0.15, 0.2) is 5.96 Å². The molecular formula is C22H37N5O. The van der Waals surface area contributed by atoms with Gasteiger partial charge in [0.1, 0.15) is 5.75 Å². The number of likely N-dealkylation sites (tertiary alicyclic amines) is 1. The summed E-state index contributed by atoms with van der Waals surface area (Å²) < 4.78 is 5.26. The van der Waals surface area contributed by atoms with E-state index in [1.807, 2.05) is 12.1 Å². The van der Waals surface area contributed by atoms with Gasteiger partial charge in [-0.25, -0.2) is 0 Å². The lowest BCUT2D eigenvalue weighted by Crippen LogP contribution is -2.52. The fourth-order valence-electron chi connectivity index (χ4n) is 4.03. The minimum Gasteiger partial charge on any atom is -0.497 e. The van der Waals surface area contributed by atoms with Crippen molar-refractivity contribution in [2.45, 2.75) is 32.6 Å². The molecule has 2 aliphatic heterocycles. The van der Waals surface area contributed by atoms with E-state index in [1.165, 1.54) is 51.0 Å². The van der Waals surface area contributed by atoms with Crippen LogP contribution in [0.4, 0.5) is 5.69 Å². The molecule has 156 valence electrons. The highest BCUT2D eigenvalue weighted by atomic mass is 16.5. The van der Waals surface area contributed by atoms with Gasteiger partial charge in [-0.3, -0.25) is 4.99 Å². The number of hydrogen-bond donors (Lipinski definition) is 1. The molecule has 0 aliphatic carbocycles. The first-order chi connectivity index (χ1) is 13.8. The van der Waals surface area contributed by atoms with Crippen molar-refractivity contribution >= 4 is 11.6 Å². The summed E-state index contributed by atoms with van der Waals surface area (Å²) >= 11 is 0. The molecule has 2 fully saturated rings. The fraction of sp³-hybridized carbons (Fsp3) is 0.682. The van der Waals surface area contributed by atoms with Crippen molar-refractivity contribution in [1.29, 1.82) is 0 Å². The van der Waals surface area contributed by atoms with Gasteiger partial charge in [0.2, 0.25) is 0 Å². The quantitative estimate of drug-likeness (QED) is 0.422. The summed E-state index contributed by atoms with van der Waals surface area (Å²) in [6.45, 7) is 11.9. The van der Waals surface area contributed by atoms with Crippen molar-refractivity contribution < 1.29 is 4.74 Å². The maximum absolute atomic E-state index is 5.26. The summed E-state index contributed by atoms with van der Waals surface area (Å²) in [5, 5.41) is 3.48. The van der Waals surface area contributed by atoms with E-state index < -0.39 is 0 Å². The zero-order valence-electron chi connectivity index (χ0n) is 17.7. The molecule has 1 aromatic carbocycles. The minimum absolute atomic E-state index is 0.911. The standard InChI is InChI=1S/C22H37N5O/c1-3-23-22(24-12-4-5-13-25-14-6-7-15-25)27-18-16-26(17-19-27)20-8-10-21(28-2)11-9-20/h8-11H,3-7,12-19H2,1-2H3,(H,23,24). The summed E-state index contributed by atoms with van der Waals surface area (Å²) in [5.74, 6) is 1.99. The van der Waals surface area contributed by atoms with Crippen LogP contribution >= 0.6 is 0 Å². The van der Waals surface area contributed by atoms with E-state index in [0.29, 0.717) is 0 Å². The van der Waals surface area contributed by atoms with Crippen molar-refractivity contribution in [2.75, 3.05) is 70.9 Å². The van der Waals surface area contributed by atoms with Crippen LogP contribution < -0.4 is 15.0 Å². The highest BCUT2D eigenvalue weighted by Crippen LogP contribution is 2.20. The molecule has 0 unspecified atom stereocenters. The Morgan fingerprint density at radius 1 is 1.00 bits per heavy atom. The second-order valence-corrected chi connectivity index (χ2v) is 7.66. The Kier molecular flexibility index (Phi) is 8.27. The molecule has 0 amide bonds. The largest absolute Gasteiger partial charge is 0.497 e. The molecule has 2 saturated heterocycles. The zero-order valence-corrected chi connectivity index (χ0v) is 17.7. The Labute approximate surface area is 170 Å². The number of methoxy groups -OCH3 is 1. The monoisotopic (exact) mass is 387 g/mol. The third-order valence-corrected chi connectivity index (χ3v) is 5.69. The molecule has 0 radical (unpaired) electrons. The lowest BCUT2D eigenvalue weighted by molar-refractivity contribution is 0.330. The number of guanidine groups is 1. The van der Waals surface area contributed by atoms with Crippen LogP contribution in [0.5, 0.6) is 5.75 Å². The van der Waals surface area contributed by atoms with Gasteiger partial charge < -0.3 is 24.8 Å². The summed E-state index contributed by atoms with van der Waals surface area (Å²) in [6.07, 6.45) is 5.20. The van der Waals surface area contributed by atoms with Gasteiger partial charge in [-0.15, -0.1) is 0 Å². The number of anilines is 1. The first-order valence-electron chi connectivity index (χ1n) is 10.9. The molecule has 28 heavy (non-hydrogen) atoms. The average molecular weight is 388 g/mol. The number of piperazine rings is 1. The maximum atomic E-state index is 5.26. The number of benzene rings is 1. The molecule has 0 bridgehead atoms. The molecule has 1 aromatic rings. The molecule has 0 spiro atoms. The number of unbranched alkanes of at least 4 members (excludes halogenated alkanes) is 1. The fourth-order valence-corrected chi connectivity index (χ4v) is 4.03. The Morgan fingerprint density at radius 3 is 2.36 bits per heavy atom. The van der Waals surface area contributed by atoms with Crippen LogP contribution in [0, 0.1) is 0 Å². The molecule has 0 atom stereocenters. The van der Waals surface area contributed by atoms with E-state index in [1.54, 1.807) is 7.11 Å². The zero-order chi connectivity index (χ0) is 19.6. The van der Waals surface area contributed by atoms with E-state index >= 15 is 0 Å². The predicted octanol–water partition coefficient (Wildman–Crippen LogP) is 2.66. The molecule has 3 rings (SSSR count). The number of rotatable bonds is 8. The van der Waals surface area contributed by atoms with E-state index in [9.17, 15) is 0 Å². The highest BCUT2D eigenvalue weighted by molar-refractivity contribution is 5.80. The lowest BCUT2D eigenvalue weighted by Gasteiger charge is -2.37. The topological polar surface area (TPSA) is 43.3 Å².